The maximum atomic E-state index is 13.4. The van der Waals surface area contributed by atoms with Crippen molar-refractivity contribution in [2.75, 3.05) is 0 Å². The quantitative estimate of drug-likeness (QED) is 0.725. The van der Waals surface area contributed by atoms with Crippen LogP contribution in [-0.2, 0) is 11.3 Å². The minimum atomic E-state index is -2.96. The predicted octanol–water partition coefficient (Wildman–Crippen LogP) is 4.52. The first-order valence-electron chi connectivity index (χ1n) is 6.89. The lowest BCUT2D eigenvalue weighted by Crippen LogP contribution is -2.20. The lowest BCUT2D eigenvalue weighted by Gasteiger charge is -2.08. The topological polar surface area (TPSA) is 38.3 Å². The van der Waals surface area contributed by atoms with Crippen LogP contribution in [0.15, 0.2) is 53.0 Å². The Balaban J connectivity index is 2.03. The van der Waals surface area contributed by atoms with Crippen molar-refractivity contribution in [2.45, 2.75) is 13.2 Å². The molecule has 0 aliphatic rings. The van der Waals surface area contributed by atoms with Crippen molar-refractivity contribution >= 4 is 27.9 Å². The zero-order valence-electron chi connectivity index (χ0n) is 12.3. The number of carbonyl (C=O) groups is 1. The third-order valence-electron chi connectivity index (χ3n) is 3.01. The normalized spacial score (nSPS) is 11.0. The summed E-state index contributed by atoms with van der Waals surface area (Å²) in [4.78, 5) is 11.8. The summed E-state index contributed by atoms with van der Waals surface area (Å²) in [5.74, 6) is -0.950. The molecule has 0 fully saturated rings. The molecule has 0 saturated heterocycles. The lowest BCUT2D eigenvalue weighted by molar-refractivity contribution is -0.116. The van der Waals surface area contributed by atoms with Crippen LogP contribution in [-0.4, -0.2) is 12.5 Å². The van der Waals surface area contributed by atoms with Gasteiger partial charge in [-0.3, -0.25) is 4.79 Å². The van der Waals surface area contributed by atoms with E-state index >= 15 is 0 Å². The van der Waals surface area contributed by atoms with Crippen molar-refractivity contribution in [3.8, 4) is 5.75 Å². The highest BCUT2D eigenvalue weighted by Gasteiger charge is 2.09. The molecule has 7 heteroatoms. The molecule has 0 heterocycles. The second-order valence-corrected chi connectivity index (χ2v) is 5.62. The average Bonchev–Trinajstić information content (AvgIpc) is 2.54. The van der Waals surface area contributed by atoms with E-state index in [2.05, 4.69) is 26.0 Å². The summed E-state index contributed by atoms with van der Waals surface area (Å²) in [7, 11) is 0. The van der Waals surface area contributed by atoms with Gasteiger partial charge >= 0.3 is 6.61 Å². The van der Waals surface area contributed by atoms with Crippen molar-refractivity contribution in [3.63, 3.8) is 0 Å². The summed E-state index contributed by atoms with van der Waals surface area (Å²) in [5, 5.41) is 2.52. The van der Waals surface area contributed by atoms with Crippen LogP contribution in [0.3, 0.4) is 0 Å². The van der Waals surface area contributed by atoms with E-state index in [9.17, 15) is 18.0 Å². The first-order valence-corrected chi connectivity index (χ1v) is 7.68. The standard InChI is InChI=1S/C17H13BrF3NO2/c18-13-6-7-15(24-17(20)21)11(9-13)5-8-16(23)22-10-12-3-1-2-4-14(12)19/h1-9,17H,10H2,(H,22,23). The second-order valence-electron chi connectivity index (χ2n) is 4.70. The van der Waals surface area contributed by atoms with Crippen molar-refractivity contribution < 1.29 is 22.7 Å². The third-order valence-corrected chi connectivity index (χ3v) is 3.51. The Morgan fingerprint density at radius 3 is 2.71 bits per heavy atom. The maximum absolute atomic E-state index is 13.4. The Hall–Kier alpha value is -2.28. The van der Waals surface area contributed by atoms with E-state index in [1.54, 1.807) is 30.3 Å². The molecule has 1 N–H and O–H groups in total. The van der Waals surface area contributed by atoms with E-state index in [4.69, 9.17) is 0 Å². The smallest absolute Gasteiger partial charge is 0.387 e. The first kappa shape index (κ1) is 18.1. The second kappa shape index (κ2) is 8.54. The monoisotopic (exact) mass is 399 g/mol. The van der Waals surface area contributed by atoms with Gasteiger partial charge in [0.25, 0.3) is 0 Å². The third kappa shape index (κ3) is 5.42. The van der Waals surface area contributed by atoms with Crippen LogP contribution in [0.25, 0.3) is 6.08 Å². The van der Waals surface area contributed by atoms with Crippen LogP contribution in [0.2, 0.25) is 0 Å². The number of amides is 1. The fraction of sp³-hybridized carbons (Fsp3) is 0.118. The molecule has 0 atom stereocenters. The molecule has 2 aromatic carbocycles. The summed E-state index contributed by atoms with van der Waals surface area (Å²) >= 11 is 3.22. The minimum absolute atomic E-state index is 0.0225. The molecule has 1 amide bonds. The largest absolute Gasteiger partial charge is 0.434 e. The van der Waals surface area contributed by atoms with Gasteiger partial charge in [-0.05, 0) is 30.3 Å². The highest BCUT2D eigenvalue weighted by Crippen LogP contribution is 2.25. The summed E-state index contributed by atoms with van der Waals surface area (Å²) in [6.45, 7) is -2.94. The fourth-order valence-electron chi connectivity index (χ4n) is 1.90. The van der Waals surface area contributed by atoms with Gasteiger partial charge in [0.1, 0.15) is 11.6 Å². The molecule has 0 aromatic heterocycles. The Bertz CT molecular complexity index is 750. The van der Waals surface area contributed by atoms with Gasteiger partial charge in [-0.2, -0.15) is 8.78 Å². The summed E-state index contributed by atoms with van der Waals surface area (Å²) < 4.78 is 43.2. The predicted molar refractivity (Wildman–Crippen MR) is 88.1 cm³/mol. The van der Waals surface area contributed by atoms with Crippen molar-refractivity contribution in [2.24, 2.45) is 0 Å². The van der Waals surface area contributed by atoms with E-state index in [-0.39, 0.29) is 12.3 Å². The van der Waals surface area contributed by atoms with Gasteiger partial charge in [0.2, 0.25) is 5.91 Å². The number of hydrogen-bond donors (Lipinski definition) is 1. The number of nitrogens with one attached hydrogen (secondary N) is 1. The van der Waals surface area contributed by atoms with E-state index < -0.39 is 18.3 Å². The highest BCUT2D eigenvalue weighted by molar-refractivity contribution is 9.10. The molecule has 0 spiro atoms. The van der Waals surface area contributed by atoms with Crippen LogP contribution < -0.4 is 10.1 Å². The molecular weight excluding hydrogens is 387 g/mol. The number of alkyl halides is 2. The zero-order valence-corrected chi connectivity index (χ0v) is 13.9. The maximum Gasteiger partial charge on any atom is 0.387 e. The molecule has 0 radical (unpaired) electrons. The Kier molecular flexibility index (Phi) is 6.43. The van der Waals surface area contributed by atoms with Crippen LogP contribution in [0.4, 0.5) is 13.2 Å². The van der Waals surface area contributed by atoms with Crippen LogP contribution in [0.5, 0.6) is 5.75 Å². The Labute approximate surface area is 145 Å². The van der Waals surface area contributed by atoms with Gasteiger partial charge in [0, 0.05) is 28.2 Å². The molecule has 2 rings (SSSR count). The lowest BCUT2D eigenvalue weighted by atomic mass is 10.2. The average molecular weight is 400 g/mol. The summed E-state index contributed by atoms with van der Waals surface area (Å²) in [6.07, 6.45) is 2.51. The number of halogens is 4. The van der Waals surface area contributed by atoms with Gasteiger partial charge in [0.15, 0.2) is 0 Å². The van der Waals surface area contributed by atoms with Gasteiger partial charge in [-0.1, -0.05) is 34.1 Å². The SMILES string of the molecule is O=C(C=Cc1cc(Br)ccc1OC(F)F)NCc1ccccc1F. The number of hydrogen-bond acceptors (Lipinski definition) is 2. The van der Waals surface area contributed by atoms with Crippen LogP contribution >= 0.6 is 15.9 Å². The highest BCUT2D eigenvalue weighted by atomic mass is 79.9. The summed E-state index contributed by atoms with van der Waals surface area (Å²) in [5.41, 5.74) is 0.661. The minimum Gasteiger partial charge on any atom is -0.434 e. The number of ether oxygens (including phenoxy) is 1. The molecule has 0 unspecified atom stereocenters. The fourth-order valence-corrected chi connectivity index (χ4v) is 2.28. The van der Waals surface area contributed by atoms with Gasteiger partial charge < -0.3 is 10.1 Å². The van der Waals surface area contributed by atoms with Crippen molar-refractivity contribution in [1.29, 1.82) is 0 Å². The molecular formula is C17H13BrF3NO2. The van der Waals surface area contributed by atoms with Gasteiger partial charge in [0.05, 0.1) is 0 Å². The zero-order chi connectivity index (χ0) is 17.5. The molecule has 0 bridgehead atoms. The summed E-state index contributed by atoms with van der Waals surface area (Å²) in [6, 6.07) is 10.5. The molecule has 24 heavy (non-hydrogen) atoms. The van der Waals surface area contributed by atoms with Gasteiger partial charge in [-0.15, -0.1) is 0 Å². The van der Waals surface area contributed by atoms with E-state index in [1.165, 1.54) is 24.3 Å². The van der Waals surface area contributed by atoms with Crippen LogP contribution in [0.1, 0.15) is 11.1 Å². The molecule has 0 aliphatic heterocycles. The number of benzene rings is 2. The molecule has 0 aliphatic carbocycles. The van der Waals surface area contributed by atoms with Gasteiger partial charge in [-0.25, -0.2) is 4.39 Å². The van der Waals surface area contributed by atoms with Crippen molar-refractivity contribution in [1.82, 2.24) is 5.32 Å². The van der Waals surface area contributed by atoms with Crippen LogP contribution in [0, 0.1) is 5.82 Å². The molecule has 2 aromatic rings. The molecule has 126 valence electrons. The van der Waals surface area contributed by atoms with E-state index in [1.807, 2.05) is 0 Å². The van der Waals surface area contributed by atoms with E-state index in [0.29, 0.717) is 15.6 Å². The first-order chi connectivity index (χ1) is 11.5. The molecule has 0 saturated carbocycles. The van der Waals surface area contributed by atoms with E-state index in [0.717, 1.165) is 0 Å². The number of carbonyl (C=O) groups excluding carboxylic acids is 1. The number of rotatable bonds is 6. The van der Waals surface area contributed by atoms with Crippen molar-refractivity contribution in [3.05, 3.63) is 70.0 Å². The molecule has 3 nitrogen and oxygen atoms in total. The Morgan fingerprint density at radius 2 is 2.00 bits per heavy atom. The Morgan fingerprint density at radius 1 is 1.25 bits per heavy atom.